The van der Waals surface area contributed by atoms with E-state index in [0.29, 0.717) is 0 Å². The van der Waals surface area contributed by atoms with Gasteiger partial charge >= 0.3 is 0 Å². The Hall–Kier alpha value is -3.31. The number of sulfonamides is 1. The minimum Gasteiger partial charge on any atom is -0.306 e. The number of nitrogens with zero attached hydrogens (tertiary/aromatic N) is 4. The van der Waals surface area contributed by atoms with Gasteiger partial charge in [-0.3, -0.25) is 29.2 Å². The second-order valence-corrected chi connectivity index (χ2v) is 13.7. The summed E-state index contributed by atoms with van der Waals surface area (Å²) < 4.78 is 59.7. The molecule has 0 amide bonds. The van der Waals surface area contributed by atoms with Crippen LogP contribution in [0.4, 0.5) is 11.4 Å². The summed E-state index contributed by atoms with van der Waals surface area (Å²) in [4.78, 5) is 35.7. The maximum atomic E-state index is 13.8. The minimum atomic E-state index is -4.64. The number of carbonyl (C=O) groups is 1. The van der Waals surface area contributed by atoms with Crippen molar-refractivity contribution in [2.24, 2.45) is 5.92 Å². The van der Waals surface area contributed by atoms with Crippen molar-refractivity contribution in [2.75, 3.05) is 26.7 Å². The lowest BCUT2D eigenvalue weighted by Crippen LogP contribution is -2.53. The molecule has 2 atom stereocenters. The van der Waals surface area contributed by atoms with Crippen molar-refractivity contribution in [3.63, 3.8) is 0 Å². The molecule has 4 rings (SSSR count). The van der Waals surface area contributed by atoms with E-state index in [-0.39, 0.29) is 41.5 Å². The van der Waals surface area contributed by atoms with Crippen molar-refractivity contribution in [1.82, 2.24) is 9.21 Å². The van der Waals surface area contributed by atoms with Crippen molar-refractivity contribution >= 4 is 37.3 Å². The largest absolute Gasteiger partial charge is 0.306 e. The fourth-order valence-corrected chi connectivity index (χ4v) is 8.11. The zero-order chi connectivity index (χ0) is 29.9. The van der Waals surface area contributed by atoms with Crippen molar-refractivity contribution in [2.45, 2.75) is 54.0 Å². The molecule has 2 aromatic rings. The number of ketones is 1. The molecular weight excluding hydrogens is 580 g/mol. The lowest BCUT2D eigenvalue weighted by atomic mass is 9.88. The smallest absolute Gasteiger partial charge is 0.297 e. The first-order valence-corrected chi connectivity index (χ1v) is 15.8. The summed E-state index contributed by atoms with van der Waals surface area (Å²) in [5, 5.41) is 22.5. The number of nitro benzene ring substituents is 2. The SMILES string of the molecule is CN1CCC(CC(=O)[C@@H]2CCC(OS(=O)(=O)c3ccc([N+](=O)[O-])cc3)CN2S(=O)(=O)c2ccccc2[N+](=O)[O-])CC1. The number of carbonyl (C=O) groups excluding carboxylic acids is 1. The summed E-state index contributed by atoms with van der Waals surface area (Å²) in [6.45, 7) is 1.07. The Bertz CT molecular complexity index is 1520. The van der Waals surface area contributed by atoms with Crippen LogP contribution >= 0.6 is 0 Å². The number of likely N-dealkylation sites (tertiary alicyclic amines) is 1. The molecule has 41 heavy (non-hydrogen) atoms. The summed E-state index contributed by atoms with van der Waals surface area (Å²) in [6.07, 6.45) is 0.439. The van der Waals surface area contributed by atoms with Crippen LogP contribution in [0.2, 0.25) is 0 Å². The van der Waals surface area contributed by atoms with Gasteiger partial charge in [-0.15, -0.1) is 0 Å². The number of nitro groups is 2. The van der Waals surface area contributed by atoms with Gasteiger partial charge in [0.15, 0.2) is 10.7 Å². The van der Waals surface area contributed by atoms with Gasteiger partial charge in [0.25, 0.3) is 31.5 Å². The predicted octanol–water partition coefficient (Wildman–Crippen LogP) is 2.73. The van der Waals surface area contributed by atoms with Crippen LogP contribution < -0.4 is 0 Å². The molecule has 2 aromatic carbocycles. The van der Waals surface area contributed by atoms with E-state index in [0.717, 1.165) is 66.6 Å². The van der Waals surface area contributed by atoms with Crippen LogP contribution in [0, 0.1) is 26.1 Å². The molecule has 2 aliphatic rings. The standard InChI is InChI=1S/C25H30N4O10S2/c1-26-14-12-18(13-15-26)16-24(30)22-11-8-20(39-41(37,38)21-9-6-19(7-10-21)28(31)32)17-27(22)40(35,36)25-5-3-2-4-23(25)29(33)34/h2-7,9-10,18,20,22H,8,11-17H2,1H3/t20?,22-/m0/s1. The average Bonchev–Trinajstić information content (AvgIpc) is 2.94. The third-order valence-electron chi connectivity index (χ3n) is 7.44. The zero-order valence-electron chi connectivity index (χ0n) is 22.2. The molecule has 0 radical (unpaired) electrons. The Kier molecular flexibility index (Phi) is 9.18. The molecule has 222 valence electrons. The van der Waals surface area contributed by atoms with Crippen LogP contribution in [0.3, 0.4) is 0 Å². The Labute approximate surface area is 237 Å². The maximum absolute atomic E-state index is 13.8. The van der Waals surface area contributed by atoms with Gasteiger partial charge in [-0.25, -0.2) is 8.42 Å². The number of piperidine rings is 2. The number of hydrogen-bond acceptors (Lipinski definition) is 11. The van der Waals surface area contributed by atoms with Crippen LogP contribution in [-0.2, 0) is 29.1 Å². The first-order chi connectivity index (χ1) is 19.3. The van der Waals surface area contributed by atoms with E-state index in [2.05, 4.69) is 4.90 Å². The molecular formula is C25H30N4O10S2. The number of rotatable bonds is 10. The van der Waals surface area contributed by atoms with Gasteiger partial charge in [-0.05, 0) is 69.9 Å². The van der Waals surface area contributed by atoms with E-state index < -0.39 is 59.3 Å². The molecule has 0 aliphatic carbocycles. The molecule has 2 heterocycles. The highest BCUT2D eigenvalue weighted by Gasteiger charge is 2.44. The number of benzene rings is 2. The number of para-hydroxylation sites is 1. The lowest BCUT2D eigenvalue weighted by Gasteiger charge is -2.38. The zero-order valence-corrected chi connectivity index (χ0v) is 23.8. The topological polar surface area (TPSA) is 187 Å². The number of Topliss-reactive ketones (excluding diaryl/α,β-unsaturated/α-hetero) is 1. The van der Waals surface area contributed by atoms with Crippen LogP contribution in [0.15, 0.2) is 58.3 Å². The van der Waals surface area contributed by atoms with Crippen LogP contribution in [-0.4, -0.2) is 80.5 Å². The van der Waals surface area contributed by atoms with Crippen LogP contribution in [0.25, 0.3) is 0 Å². The molecule has 2 aliphatic heterocycles. The van der Waals surface area contributed by atoms with Gasteiger partial charge in [0.05, 0.1) is 26.9 Å². The van der Waals surface area contributed by atoms with Crippen molar-refractivity contribution in [3.05, 3.63) is 68.8 Å². The second kappa shape index (κ2) is 12.3. The van der Waals surface area contributed by atoms with Crippen molar-refractivity contribution in [3.8, 4) is 0 Å². The molecule has 0 aromatic heterocycles. The lowest BCUT2D eigenvalue weighted by molar-refractivity contribution is -0.387. The molecule has 14 nitrogen and oxygen atoms in total. The van der Waals surface area contributed by atoms with Crippen molar-refractivity contribution in [1.29, 1.82) is 0 Å². The third kappa shape index (κ3) is 6.95. The molecule has 16 heteroatoms. The van der Waals surface area contributed by atoms with E-state index in [9.17, 15) is 41.9 Å². The number of hydrogen-bond donors (Lipinski definition) is 0. The molecule has 0 saturated carbocycles. The molecule has 2 fully saturated rings. The first-order valence-electron chi connectivity index (χ1n) is 12.9. The summed E-state index contributed by atoms with van der Waals surface area (Å²) in [5.74, 6) is -0.274. The fraction of sp³-hybridized carbons (Fsp3) is 0.480. The monoisotopic (exact) mass is 610 g/mol. The molecule has 0 spiro atoms. The summed E-state index contributed by atoms with van der Waals surface area (Å²) in [7, 11) is -7.12. The highest BCUT2D eigenvalue weighted by atomic mass is 32.2. The Morgan fingerprint density at radius 3 is 2.17 bits per heavy atom. The molecule has 2 saturated heterocycles. The molecule has 1 unspecified atom stereocenters. The van der Waals surface area contributed by atoms with Crippen LogP contribution in [0.1, 0.15) is 32.1 Å². The quantitative estimate of drug-likeness (QED) is 0.219. The van der Waals surface area contributed by atoms with Gasteiger partial charge in [0.2, 0.25) is 0 Å². The Balaban J connectivity index is 1.62. The van der Waals surface area contributed by atoms with Gasteiger partial charge in [-0.1, -0.05) is 12.1 Å². The molecule has 0 bridgehead atoms. The first kappa shape index (κ1) is 30.6. The predicted molar refractivity (Wildman–Crippen MR) is 145 cm³/mol. The highest BCUT2D eigenvalue weighted by Crippen LogP contribution is 2.34. The van der Waals surface area contributed by atoms with Gasteiger partial charge < -0.3 is 4.90 Å². The minimum absolute atomic E-state index is 0.0267. The van der Waals surface area contributed by atoms with E-state index in [1.807, 2.05) is 7.05 Å². The van der Waals surface area contributed by atoms with Crippen molar-refractivity contribution < 1.29 is 35.7 Å². The van der Waals surface area contributed by atoms with Gasteiger partial charge in [0, 0.05) is 31.2 Å². The Morgan fingerprint density at radius 1 is 0.927 bits per heavy atom. The summed E-state index contributed by atoms with van der Waals surface area (Å²) in [5.41, 5.74) is -0.995. The summed E-state index contributed by atoms with van der Waals surface area (Å²) >= 11 is 0. The third-order valence-corrected chi connectivity index (χ3v) is 10.7. The van der Waals surface area contributed by atoms with Crippen LogP contribution in [0.5, 0.6) is 0 Å². The van der Waals surface area contributed by atoms with E-state index in [1.165, 1.54) is 12.1 Å². The van der Waals surface area contributed by atoms with E-state index >= 15 is 0 Å². The average molecular weight is 611 g/mol. The highest BCUT2D eigenvalue weighted by molar-refractivity contribution is 7.89. The number of non-ortho nitro benzene ring substituents is 1. The van der Waals surface area contributed by atoms with E-state index in [4.69, 9.17) is 4.18 Å². The van der Waals surface area contributed by atoms with Gasteiger partial charge in [-0.2, -0.15) is 12.7 Å². The normalized spacial score (nSPS) is 21.4. The fourth-order valence-electron chi connectivity index (χ4n) is 5.18. The Morgan fingerprint density at radius 2 is 1.56 bits per heavy atom. The second-order valence-electron chi connectivity index (χ2n) is 10.2. The molecule has 0 N–H and O–H groups in total. The summed E-state index contributed by atoms with van der Waals surface area (Å²) in [6, 6.07) is 7.62. The van der Waals surface area contributed by atoms with E-state index in [1.54, 1.807) is 0 Å². The van der Waals surface area contributed by atoms with Gasteiger partial charge in [0.1, 0.15) is 0 Å². The maximum Gasteiger partial charge on any atom is 0.297 e.